The minimum absolute atomic E-state index is 0.112. The maximum atomic E-state index is 15.0. The van der Waals surface area contributed by atoms with Gasteiger partial charge in [-0.05, 0) is 76.6 Å². The first kappa shape index (κ1) is 28.9. The third kappa shape index (κ3) is 7.09. The normalized spacial score (nSPS) is 12.1. The molecule has 5 heteroatoms. The van der Waals surface area contributed by atoms with Crippen LogP contribution in [0.1, 0.15) is 62.3 Å². The Morgan fingerprint density at radius 1 is 0.825 bits per heavy atom. The van der Waals surface area contributed by atoms with Crippen molar-refractivity contribution in [2.75, 3.05) is 13.7 Å². The van der Waals surface area contributed by atoms with Gasteiger partial charge >= 0.3 is 5.97 Å². The summed E-state index contributed by atoms with van der Waals surface area (Å²) in [6.07, 6.45) is 0.266. The second kappa shape index (κ2) is 12.8. The molecule has 0 fully saturated rings. The van der Waals surface area contributed by atoms with Gasteiger partial charge in [0.25, 0.3) is 0 Å². The predicted molar refractivity (Wildman–Crippen MR) is 157 cm³/mol. The van der Waals surface area contributed by atoms with Gasteiger partial charge < -0.3 is 14.2 Å². The molecule has 0 aliphatic heterocycles. The van der Waals surface area contributed by atoms with E-state index in [9.17, 15) is 9.18 Å². The molecule has 0 saturated heterocycles. The van der Waals surface area contributed by atoms with E-state index in [-0.39, 0.29) is 29.5 Å². The predicted octanol–water partition coefficient (Wildman–Crippen LogP) is 8.46. The van der Waals surface area contributed by atoms with E-state index in [1.807, 2.05) is 73.7 Å². The van der Waals surface area contributed by atoms with Gasteiger partial charge in [-0.15, -0.1) is 0 Å². The van der Waals surface area contributed by atoms with Gasteiger partial charge in [0.15, 0.2) is 0 Å². The molecule has 4 aromatic rings. The summed E-state index contributed by atoms with van der Waals surface area (Å²) in [7, 11) is 1.58. The molecule has 0 bridgehead atoms. The second-order valence-electron chi connectivity index (χ2n) is 10.8. The molecule has 0 saturated carbocycles. The van der Waals surface area contributed by atoms with Crippen LogP contribution in [0.25, 0.3) is 11.1 Å². The number of carbonyl (C=O) groups excluding carboxylic acids is 1. The van der Waals surface area contributed by atoms with Gasteiger partial charge in [-0.3, -0.25) is 4.79 Å². The summed E-state index contributed by atoms with van der Waals surface area (Å²) < 4.78 is 31.7. The average Bonchev–Trinajstić information content (AvgIpc) is 2.95. The first-order chi connectivity index (χ1) is 19.2. The number of ether oxygens (including phenoxy) is 3. The minimum atomic E-state index is -0.296. The van der Waals surface area contributed by atoms with E-state index in [1.54, 1.807) is 19.2 Å². The fraction of sp³-hybridized carbons (Fsp3) is 0.286. The van der Waals surface area contributed by atoms with Crippen LogP contribution in [0, 0.1) is 5.82 Å². The number of benzene rings is 4. The zero-order chi connectivity index (χ0) is 28.7. The van der Waals surface area contributed by atoms with E-state index in [2.05, 4.69) is 26.8 Å². The Kier molecular flexibility index (Phi) is 9.26. The van der Waals surface area contributed by atoms with Crippen molar-refractivity contribution in [3.05, 3.63) is 119 Å². The van der Waals surface area contributed by atoms with Crippen LogP contribution >= 0.6 is 0 Å². The third-order valence-electron chi connectivity index (χ3n) is 6.92. The Balaban J connectivity index is 1.56. The molecule has 208 valence electrons. The van der Waals surface area contributed by atoms with Crippen LogP contribution in [0.4, 0.5) is 4.39 Å². The van der Waals surface area contributed by atoms with Gasteiger partial charge in [0.1, 0.15) is 23.9 Å². The van der Waals surface area contributed by atoms with Gasteiger partial charge in [0.05, 0.1) is 20.1 Å². The molecule has 0 aliphatic carbocycles. The van der Waals surface area contributed by atoms with Crippen molar-refractivity contribution in [3.8, 4) is 22.6 Å². The Morgan fingerprint density at radius 2 is 1.50 bits per heavy atom. The first-order valence-electron chi connectivity index (χ1n) is 13.6. The number of halogens is 1. The van der Waals surface area contributed by atoms with E-state index < -0.39 is 0 Å². The van der Waals surface area contributed by atoms with Crippen LogP contribution in [-0.2, 0) is 21.6 Å². The molecule has 40 heavy (non-hydrogen) atoms. The largest absolute Gasteiger partial charge is 0.497 e. The molecule has 0 heterocycles. The van der Waals surface area contributed by atoms with Gasteiger partial charge in [0, 0.05) is 11.5 Å². The summed E-state index contributed by atoms with van der Waals surface area (Å²) in [5.41, 5.74) is 5.19. The highest BCUT2D eigenvalue weighted by molar-refractivity contribution is 5.72. The van der Waals surface area contributed by atoms with Gasteiger partial charge in [-0.1, -0.05) is 75.4 Å². The highest BCUT2D eigenvalue weighted by atomic mass is 19.1. The lowest BCUT2D eigenvalue weighted by Gasteiger charge is -2.24. The zero-order valence-electron chi connectivity index (χ0n) is 23.9. The molecule has 4 aromatic carbocycles. The smallest absolute Gasteiger partial charge is 0.306 e. The van der Waals surface area contributed by atoms with Gasteiger partial charge in [-0.25, -0.2) is 4.39 Å². The highest BCUT2D eigenvalue weighted by Gasteiger charge is 2.22. The Morgan fingerprint density at radius 3 is 2.15 bits per heavy atom. The summed E-state index contributed by atoms with van der Waals surface area (Å²) in [6, 6.07) is 28.7. The molecule has 0 N–H and O–H groups in total. The van der Waals surface area contributed by atoms with Crippen LogP contribution in [0.15, 0.2) is 91.0 Å². The van der Waals surface area contributed by atoms with Crippen molar-refractivity contribution in [2.24, 2.45) is 0 Å². The summed E-state index contributed by atoms with van der Waals surface area (Å²) in [4.78, 5) is 12.3. The molecule has 4 nitrogen and oxygen atoms in total. The van der Waals surface area contributed by atoms with Crippen LogP contribution in [0.2, 0.25) is 0 Å². The number of rotatable bonds is 10. The molecule has 0 aliphatic rings. The van der Waals surface area contributed by atoms with Gasteiger partial charge in [-0.2, -0.15) is 0 Å². The second-order valence-corrected chi connectivity index (χ2v) is 10.8. The number of hydrogen-bond acceptors (Lipinski definition) is 4. The molecule has 0 radical (unpaired) electrons. The molecular formula is C35H37FO4. The van der Waals surface area contributed by atoms with Crippen molar-refractivity contribution in [1.82, 2.24) is 0 Å². The maximum absolute atomic E-state index is 15.0. The topological polar surface area (TPSA) is 44.8 Å². The van der Waals surface area contributed by atoms with E-state index in [0.717, 1.165) is 27.8 Å². The maximum Gasteiger partial charge on any atom is 0.306 e. The average molecular weight is 541 g/mol. The Hall–Kier alpha value is -4.12. The lowest BCUT2D eigenvalue weighted by molar-refractivity contribution is -0.143. The van der Waals surface area contributed by atoms with Crippen molar-refractivity contribution in [1.29, 1.82) is 0 Å². The molecule has 0 amide bonds. The molecule has 0 spiro atoms. The summed E-state index contributed by atoms with van der Waals surface area (Å²) in [5, 5.41) is 0. The lowest BCUT2D eigenvalue weighted by Crippen LogP contribution is -2.13. The minimum Gasteiger partial charge on any atom is -0.497 e. The van der Waals surface area contributed by atoms with Crippen molar-refractivity contribution in [2.45, 2.75) is 52.1 Å². The van der Waals surface area contributed by atoms with Gasteiger partial charge in [0.2, 0.25) is 0 Å². The lowest BCUT2D eigenvalue weighted by atomic mass is 9.81. The molecular weight excluding hydrogens is 503 g/mol. The SMILES string of the molecule is CCOC(=O)C[C@H](c1ccccc1)c1ccc(OCc2ccc(C(C)(C)C)c(-c3cc(OC)ccc3F)c2)cc1. The Labute approximate surface area is 236 Å². The van der Waals surface area contributed by atoms with Crippen LogP contribution in [-0.4, -0.2) is 19.7 Å². The number of methoxy groups -OCH3 is 1. The van der Waals surface area contributed by atoms with Crippen molar-refractivity contribution >= 4 is 5.97 Å². The number of hydrogen-bond donors (Lipinski definition) is 0. The monoisotopic (exact) mass is 540 g/mol. The first-order valence-corrected chi connectivity index (χ1v) is 13.6. The van der Waals surface area contributed by atoms with E-state index in [4.69, 9.17) is 14.2 Å². The summed E-state index contributed by atoms with van der Waals surface area (Å²) in [6.45, 7) is 8.85. The highest BCUT2D eigenvalue weighted by Crippen LogP contribution is 2.37. The van der Waals surface area contributed by atoms with E-state index in [0.29, 0.717) is 30.3 Å². The molecule has 0 unspecified atom stereocenters. The van der Waals surface area contributed by atoms with Crippen molar-refractivity contribution < 1.29 is 23.4 Å². The third-order valence-corrected chi connectivity index (χ3v) is 6.92. The van der Waals surface area contributed by atoms with E-state index >= 15 is 0 Å². The summed E-state index contributed by atoms with van der Waals surface area (Å²) in [5.74, 6) is 0.685. The Bertz CT molecular complexity index is 1420. The fourth-order valence-electron chi connectivity index (χ4n) is 4.86. The standard InChI is InChI=1S/C35H37FO4/c1-6-39-34(37)22-29(25-10-8-7-9-11-25)26-13-15-27(16-14-26)40-23-24-12-18-32(35(2,3)4)30(20-24)31-21-28(38-5)17-19-33(31)36/h7-21,29H,6,22-23H2,1-5H3/t29-/m1/s1. The van der Waals surface area contributed by atoms with E-state index in [1.165, 1.54) is 6.07 Å². The van der Waals surface area contributed by atoms with Crippen LogP contribution in [0.5, 0.6) is 11.5 Å². The number of carbonyl (C=O) groups is 1. The van der Waals surface area contributed by atoms with Crippen LogP contribution < -0.4 is 9.47 Å². The molecule has 0 aromatic heterocycles. The van der Waals surface area contributed by atoms with Crippen molar-refractivity contribution in [3.63, 3.8) is 0 Å². The van der Waals surface area contributed by atoms with Crippen LogP contribution in [0.3, 0.4) is 0 Å². The number of esters is 1. The quantitative estimate of drug-likeness (QED) is 0.189. The molecule has 4 rings (SSSR count). The fourth-order valence-corrected chi connectivity index (χ4v) is 4.86. The molecule has 1 atom stereocenters. The summed E-state index contributed by atoms with van der Waals surface area (Å²) >= 11 is 0. The zero-order valence-corrected chi connectivity index (χ0v) is 23.9.